The summed E-state index contributed by atoms with van der Waals surface area (Å²) < 4.78 is 21.9. The Morgan fingerprint density at radius 1 is 1.07 bits per heavy atom. The summed E-state index contributed by atoms with van der Waals surface area (Å²) in [6.45, 7) is 7.00. The van der Waals surface area contributed by atoms with Gasteiger partial charge in [-0.25, -0.2) is 9.78 Å². The van der Waals surface area contributed by atoms with E-state index in [9.17, 15) is 19.2 Å². The number of hydrogen-bond acceptors (Lipinski definition) is 11. The molecule has 46 heavy (non-hydrogen) atoms. The summed E-state index contributed by atoms with van der Waals surface area (Å²) in [6.07, 6.45) is 1.72. The van der Waals surface area contributed by atoms with Gasteiger partial charge in [0.2, 0.25) is 23.0 Å². The van der Waals surface area contributed by atoms with Crippen LogP contribution in [0.3, 0.4) is 0 Å². The summed E-state index contributed by atoms with van der Waals surface area (Å²) in [5.74, 6) is -0.0764. The van der Waals surface area contributed by atoms with Crippen molar-refractivity contribution in [2.45, 2.75) is 59.0 Å². The predicted octanol–water partition coefficient (Wildman–Crippen LogP) is 4.88. The van der Waals surface area contributed by atoms with Crippen LogP contribution in [-0.2, 0) is 20.7 Å². The minimum Gasteiger partial charge on any atom is -0.493 e. The molecular formula is C33H40N4O8S. The van der Waals surface area contributed by atoms with Gasteiger partial charge in [-0.3, -0.25) is 14.4 Å². The lowest BCUT2D eigenvalue weighted by molar-refractivity contribution is -0.120. The zero-order valence-corrected chi connectivity index (χ0v) is 28.1. The summed E-state index contributed by atoms with van der Waals surface area (Å²) >= 11 is 1.16. The lowest BCUT2D eigenvalue weighted by Gasteiger charge is -2.23. The average molecular weight is 653 g/mol. The number of nitrogens with one attached hydrogen (secondary N) is 3. The van der Waals surface area contributed by atoms with Gasteiger partial charge in [0.15, 0.2) is 22.3 Å². The molecular weight excluding hydrogens is 612 g/mol. The zero-order chi connectivity index (χ0) is 33.7. The molecule has 3 N–H and O–H groups in total. The first-order valence-corrected chi connectivity index (χ1v) is 15.7. The van der Waals surface area contributed by atoms with Crippen LogP contribution in [0.25, 0.3) is 11.1 Å². The number of aromatic nitrogens is 1. The van der Waals surface area contributed by atoms with Gasteiger partial charge in [-0.2, -0.15) is 0 Å². The fraction of sp³-hybridized carbons (Fsp3) is 0.424. The first-order chi connectivity index (χ1) is 22.0. The number of fused-ring (bicyclic) bond motifs is 3. The third-order valence-corrected chi connectivity index (χ3v) is 9.01. The molecule has 3 atom stereocenters. The number of aryl methyl sites for hydroxylation is 2. The SMILES string of the molecule is CCC(C)C(Nc1ccc2c(cc1=O)C(NC(C)=O)CCc1cc(OC)c(OC)c(OC)c1-2)C(=O)Nc1nc(C(=O)OC)c(C)s1. The van der Waals surface area contributed by atoms with Crippen LogP contribution in [0, 0.1) is 12.8 Å². The number of carbonyl (C=O) groups is 3. The molecule has 2 aromatic carbocycles. The highest BCUT2D eigenvalue weighted by Gasteiger charge is 2.31. The van der Waals surface area contributed by atoms with Crippen molar-refractivity contribution in [3.05, 3.63) is 56.2 Å². The zero-order valence-electron chi connectivity index (χ0n) is 27.3. The second kappa shape index (κ2) is 14.6. The lowest BCUT2D eigenvalue weighted by atomic mass is 9.95. The first-order valence-electron chi connectivity index (χ1n) is 14.9. The van der Waals surface area contributed by atoms with E-state index in [1.54, 1.807) is 26.2 Å². The number of anilines is 2. The number of methoxy groups -OCH3 is 4. The summed E-state index contributed by atoms with van der Waals surface area (Å²) in [6, 6.07) is 5.54. The molecule has 2 amide bonds. The third kappa shape index (κ3) is 6.94. The second-order valence-electron chi connectivity index (χ2n) is 11.0. The topological polar surface area (TPSA) is 154 Å². The van der Waals surface area contributed by atoms with E-state index in [0.717, 1.165) is 22.5 Å². The standard InChI is InChI=1S/C33H40N4O8S/c1-9-16(2)27(31(40)37-33-36-28(17(3)46-33)32(41)45-8)35-23-13-11-20-21(15-24(23)39)22(34-18(4)38)12-10-19-14-25(42-5)29(43-6)30(44-7)26(19)20/h11,13-16,22,27H,9-10,12H2,1-8H3,(H,34,38)(H,35,39)(H,36,37,40). The largest absolute Gasteiger partial charge is 0.493 e. The number of carbonyl (C=O) groups excluding carboxylic acids is 3. The number of thiazole rings is 1. The molecule has 4 rings (SSSR count). The van der Waals surface area contributed by atoms with Gasteiger partial charge in [0.25, 0.3) is 0 Å². The van der Waals surface area contributed by atoms with E-state index in [4.69, 9.17) is 18.9 Å². The third-order valence-electron chi connectivity index (χ3n) is 8.13. The van der Waals surface area contributed by atoms with E-state index in [1.165, 1.54) is 34.3 Å². The van der Waals surface area contributed by atoms with Gasteiger partial charge in [0, 0.05) is 17.4 Å². The number of hydrogen-bond donors (Lipinski definition) is 3. The Labute approximate surface area is 271 Å². The molecule has 1 aliphatic carbocycles. The van der Waals surface area contributed by atoms with E-state index in [-0.39, 0.29) is 33.8 Å². The quantitative estimate of drug-likeness (QED) is 0.244. The molecule has 13 heteroatoms. The molecule has 0 aliphatic heterocycles. The molecule has 3 unspecified atom stereocenters. The fourth-order valence-electron chi connectivity index (χ4n) is 5.62. The van der Waals surface area contributed by atoms with Crippen LogP contribution in [-0.4, -0.2) is 57.2 Å². The molecule has 3 aromatic rings. The Kier molecular flexibility index (Phi) is 10.9. The van der Waals surface area contributed by atoms with Crippen LogP contribution in [0.2, 0.25) is 0 Å². The van der Waals surface area contributed by atoms with Gasteiger partial charge in [-0.15, -0.1) is 11.3 Å². The van der Waals surface area contributed by atoms with Crippen molar-refractivity contribution in [2.75, 3.05) is 39.1 Å². The van der Waals surface area contributed by atoms with Gasteiger partial charge < -0.3 is 34.9 Å². The first kappa shape index (κ1) is 34.2. The number of benzene rings is 1. The molecule has 0 radical (unpaired) electrons. The molecule has 0 saturated heterocycles. The molecule has 0 saturated carbocycles. The van der Waals surface area contributed by atoms with Gasteiger partial charge >= 0.3 is 5.97 Å². The maximum Gasteiger partial charge on any atom is 0.357 e. The van der Waals surface area contributed by atoms with E-state index in [1.807, 2.05) is 19.9 Å². The van der Waals surface area contributed by atoms with Crippen LogP contribution in [0.1, 0.15) is 66.1 Å². The maximum atomic E-state index is 13.9. The highest BCUT2D eigenvalue weighted by atomic mass is 32.1. The van der Waals surface area contributed by atoms with Crippen molar-refractivity contribution >= 4 is 39.9 Å². The molecule has 12 nitrogen and oxygen atoms in total. The van der Waals surface area contributed by atoms with E-state index in [2.05, 4.69) is 20.9 Å². The molecule has 0 bridgehead atoms. The van der Waals surface area contributed by atoms with E-state index >= 15 is 0 Å². The molecule has 1 heterocycles. The van der Waals surface area contributed by atoms with Crippen molar-refractivity contribution in [3.63, 3.8) is 0 Å². The molecule has 0 fully saturated rings. The lowest BCUT2D eigenvalue weighted by Crippen LogP contribution is -2.40. The van der Waals surface area contributed by atoms with Gasteiger partial charge in [-0.05, 0) is 60.6 Å². The second-order valence-corrected chi connectivity index (χ2v) is 12.2. The van der Waals surface area contributed by atoms with Crippen LogP contribution >= 0.6 is 11.3 Å². The number of amides is 2. The van der Waals surface area contributed by atoms with Crippen LogP contribution in [0.15, 0.2) is 29.1 Å². The molecule has 1 aromatic heterocycles. The Morgan fingerprint density at radius 2 is 1.78 bits per heavy atom. The summed E-state index contributed by atoms with van der Waals surface area (Å²) in [7, 11) is 5.88. The average Bonchev–Trinajstić information content (AvgIpc) is 3.24. The van der Waals surface area contributed by atoms with Crippen molar-refractivity contribution in [2.24, 2.45) is 5.92 Å². The smallest absolute Gasteiger partial charge is 0.357 e. The van der Waals surface area contributed by atoms with Crippen molar-refractivity contribution in [3.8, 4) is 28.4 Å². The highest BCUT2D eigenvalue weighted by molar-refractivity contribution is 7.16. The maximum absolute atomic E-state index is 13.9. The number of esters is 1. The number of ether oxygens (including phenoxy) is 4. The summed E-state index contributed by atoms with van der Waals surface area (Å²) in [4.78, 5) is 56.6. The summed E-state index contributed by atoms with van der Waals surface area (Å²) in [5.41, 5.74) is 2.87. The number of rotatable bonds is 11. The molecule has 1 aliphatic rings. The minimum absolute atomic E-state index is 0.132. The Morgan fingerprint density at radius 3 is 2.39 bits per heavy atom. The fourth-order valence-corrected chi connectivity index (χ4v) is 6.42. The van der Waals surface area contributed by atoms with Crippen LogP contribution in [0.5, 0.6) is 17.2 Å². The van der Waals surface area contributed by atoms with Crippen molar-refractivity contribution in [1.82, 2.24) is 10.3 Å². The highest BCUT2D eigenvalue weighted by Crippen LogP contribution is 2.50. The number of nitrogens with zero attached hydrogens (tertiary/aromatic N) is 1. The Balaban J connectivity index is 1.83. The molecule has 246 valence electrons. The van der Waals surface area contributed by atoms with E-state index in [0.29, 0.717) is 52.5 Å². The molecule has 0 spiro atoms. The van der Waals surface area contributed by atoms with Gasteiger partial charge in [0.05, 0.1) is 40.2 Å². The monoisotopic (exact) mass is 652 g/mol. The Hall–Kier alpha value is -4.65. The summed E-state index contributed by atoms with van der Waals surface area (Å²) in [5, 5.41) is 9.22. The minimum atomic E-state index is -0.817. The van der Waals surface area contributed by atoms with Crippen LogP contribution in [0.4, 0.5) is 10.8 Å². The predicted molar refractivity (Wildman–Crippen MR) is 176 cm³/mol. The van der Waals surface area contributed by atoms with E-state index < -0.39 is 24.0 Å². The Bertz CT molecular complexity index is 1710. The van der Waals surface area contributed by atoms with Gasteiger partial charge in [0.1, 0.15) is 6.04 Å². The normalized spacial score (nSPS) is 14.8. The van der Waals surface area contributed by atoms with Crippen molar-refractivity contribution in [1.29, 1.82) is 0 Å². The van der Waals surface area contributed by atoms with Crippen LogP contribution < -0.4 is 35.6 Å². The van der Waals surface area contributed by atoms with Gasteiger partial charge in [-0.1, -0.05) is 26.3 Å². The van der Waals surface area contributed by atoms with Crippen molar-refractivity contribution < 1.29 is 33.3 Å².